The van der Waals surface area contributed by atoms with Crippen molar-refractivity contribution in [1.29, 1.82) is 0 Å². The molecule has 0 spiro atoms. The van der Waals surface area contributed by atoms with Crippen molar-refractivity contribution in [1.82, 2.24) is 9.80 Å². The summed E-state index contributed by atoms with van der Waals surface area (Å²) >= 11 is 4.57. The van der Waals surface area contributed by atoms with Gasteiger partial charge in [-0.1, -0.05) is 12.8 Å². The smallest absolute Gasteiger partial charge is 0.509 e. The molecule has 0 radical (unpaired) electrons. The lowest BCUT2D eigenvalue weighted by Gasteiger charge is -2.30. The quantitative estimate of drug-likeness (QED) is 0.124. The van der Waals surface area contributed by atoms with Crippen LogP contribution < -0.4 is 9.47 Å². The van der Waals surface area contributed by atoms with Crippen molar-refractivity contribution in [2.75, 3.05) is 26.3 Å². The Kier molecular flexibility index (Phi) is 15.7. The van der Waals surface area contributed by atoms with Crippen molar-refractivity contribution in [3.63, 3.8) is 0 Å². The fraction of sp³-hybridized carbons (Fsp3) is 0.429. The predicted molar refractivity (Wildman–Crippen MR) is 216 cm³/mol. The second-order valence-corrected chi connectivity index (χ2v) is 14.5. The molecule has 4 aliphatic rings. The number of aliphatic hydroxyl groups is 1. The summed E-state index contributed by atoms with van der Waals surface area (Å²) in [5, 5.41) is 10.6. The maximum atomic E-state index is 13.2. The number of carbonyl (C=O) groups excluding carboxylic acids is 4. The number of amides is 2. The van der Waals surface area contributed by atoms with Crippen LogP contribution in [0.4, 0.5) is 35.9 Å². The van der Waals surface area contributed by atoms with Gasteiger partial charge in [0.05, 0.1) is 23.2 Å². The van der Waals surface area contributed by atoms with E-state index in [2.05, 4.69) is 27.5 Å². The van der Waals surface area contributed by atoms with Crippen LogP contribution >= 0.6 is 11.6 Å². The van der Waals surface area contributed by atoms with Crippen molar-refractivity contribution in [3.05, 3.63) is 69.2 Å². The second kappa shape index (κ2) is 20.0. The molecule has 12 nitrogen and oxygen atoms in total. The highest BCUT2D eigenvalue weighted by Gasteiger charge is 2.45. The van der Waals surface area contributed by atoms with Crippen LogP contribution in [0.15, 0.2) is 35.8 Å². The molecule has 1 N–H and O–H groups in total. The molecule has 2 saturated heterocycles. The van der Waals surface area contributed by atoms with Crippen molar-refractivity contribution in [2.24, 2.45) is 0 Å². The number of fused-ring (bicyclic) bond motifs is 2. The Morgan fingerprint density at radius 2 is 1.15 bits per heavy atom. The molecule has 4 aliphatic heterocycles. The van der Waals surface area contributed by atoms with Crippen LogP contribution in [-0.4, -0.2) is 89.0 Å². The largest absolute Gasteiger partial charge is 0.528 e. The third-order valence-electron chi connectivity index (χ3n) is 9.87. The summed E-state index contributed by atoms with van der Waals surface area (Å²) in [6.45, 7) is 5.04. The summed E-state index contributed by atoms with van der Waals surface area (Å²) in [5.41, 5.74) is 2.78. The number of benzene rings is 2. The lowest BCUT2D eigenvalue weighted by atomic mass is 9.94. The zero-order valence-corrected chi connectivity index (χ0v) is 34.1. The highest BCUT2D eigenvalue weighted by atomic mass is 35.5. The van der Waals surface area contributed by atoms with E-state index >= 15 is 0 Å². The summed E-state index contributed by atoms with van der Waals surface area (Å²) in [7, 11) is 0. The molecule has 2 atom stereocenters. The number of hydrogen-bond acceptors (Lipinski definition) is 10. The van der Waals surface area contributed by atoms with E-state index < -0.39 is 43.2 Å². The first-order chi connectivity index (χ1) is 28.6. The number of terminal acetylenes is 2. The number of alkyl halides is 6. The highest BCUT2D eigenvalue weighted by Crippen LogP contribution is 2.42. The molecule has 19 heteroatoms. The third-order valence-corrected chi connectivity index (χ3v) is 9.95. The first-order valence-electron chi connectivity index (χ1n) is 18.7. The predicted octanol–water partition coefficient (Wildman–Crippen LogP) is 9.94. The van der Waals surface area contributed by atoms with Gasteiger partial charge in [0.1, 0.15) is 35.2 Å². The summed E-state index contributed by atoms with van der Waals surface area (Å²) in [6, 6.07) is 5.08. The van der Waals surface area contributed by atoms with Crippen LogP contribution in [0, 0.1) is 52.8 Å². The summed E-state index contributed by atoms with van der Waals surface area (Å²) in [5.74, 6) is -0.172. The van der Waals surface area contributed by atoms with Gasteiger partial charge < -0.3 is 38.6 Å². The Morgan fingerprint density at radius 1 is 0.738 bits per heavy atom. The lowest BCUT2D eigenvalue weighted by molar-refractivity contribution is -0.154. The maximum absolute atomic E-state index is 13.2. The number of ether oxygens (including phenoxy) is 5. The van der Waals surface area contributed by atoms with Gasteiger partial charge in [-0.15, -0.1) is 0 Å². The van der Waals surface area contributed by atoms with Gasteiger partial charge in [0.2, 0.25) is 0 Å². The van der Waals surface area contributed by atoms with Gasteiger partial charge in [-0.25, -0.2) is 9.59 Å². The minimum Gasteiger partial charge on any atom is -0.509 e. The fourth-order valence-electron chi connectivity index (χ4n) is 7.66. The van der Waals surface area contributed by atoms with E-state index in [1.807, 2.05) is 0 Å². The van der Waals surface area contributed by atoms with Gasteiger partial charge >= 0.3 is 23.9 Å². The standard InChI is InChI=1S/C21H20F3NO5.C18H20F3NO3.C3HClO2.4H2/c1-4-28-20(27)30-18-15-7-5-6-8-25(15)19(26)17(18)16-12(2)9-14(10-13(16)3)29-11-21(22,23)24;1-10-7-12(25-9-18(19,20)21)8-11(2)14(10)15-16(23)13-5-3-4-6-22(13)17(15)24;1-2-6-3(4)5;;;;/h1,9-10,15H,5-8,11H2,2-3H3;7-8,13,23H,3-6,9H2,1-2H3;1H;4*1H. The first-order valence-corrected chi connectivity index (χ1v) is 19.0. The van der Waals surface area contributed by atoms with Crippen molar-refractivity contribution < 1.29 is 80.0 Å². The van der Waals surface area contributed by atoms with Gasteiger partial charge in [-0.05, 0) is 124 Å². The maximum Gasteiger partial charge on any atom is 0.528 e. The molecular weight excluding hydrogens is 842 g/mol. The second-order valence-electron chi connectivity index (χ2n) is 14.2. The van der Waals surface area contributed by atoms with E-state index in [0.717, 1.165) is 32.1 Å². The molecule has 336 valence electrons. The number of carbonyl (C=O) groups is 4. The molecule has 0 bridgehead atoms. The molecule has 0 aromatic heterocycles. The molecular formula is C42H49ClF6N2O10. The molecule has 2 amide bonds. The van der Waals surface area contributed by atoms with Crippen molar-refractivity contribution in [3.8, 4) is 36.6 Å². The van der Waals surface area contributed by atoms with Crippen LogP contribution in [-0.2, 0) is 23.8 Å². The van der Waals surface area contributed by atoms with E-state index in [9.17, 15) is 50.6 Å². The Morgan fingerprint density at radius 3 is 1.54 bits per heavy atom. The monoisotopic (exact) mass is 890 g/mol. The van der Waals surface area contributed by atoms with E-state index in [-0.39, 0.29) is 57.7 Å². The molecule has 61 heavy (non-hydrogen) atoms. The van der Waals surface area contributed by atoms with Gasteiger partial charge in [0.25, 0.3) is 11.8 Å². The molecule has 2 unspecified atom stereocenters. The molecule has 2 fully saturated rings. The van der Waals surface area contributed by atoms with Gasteiger partial charge in [0, 0.05) is 30.4 Å². The van der Waals surface area contributed by atoms with E-state index in [1.165, 1.54) is 24.3 Å². The Bertz CT molecular complexity index is 2160. The number of hydrogen-bond donors (Lipinski definition) is 1. The molecule has 2 aromatic rings. The van der Waals surface area contributed by atoms with Gasteiger partial charge in [-0.3, -0.25) is 9.59 Å². The normalized spacial score (nSPS) is 18.4. The average molecular weight is 891 g/mol. The first kappa shape index (κ1) is 47.7. The zero-order chi connectivity index (χ0) is 45.4. The van der Waals surface area contributed by atoms with Crippen molar-refractivity contribution in [2.45, 2.75) is 90.7 Å². The Labute approximate surface area is 358 Å². The molecule has 4 heterocycles. The molecule has 6 rings (SSSR count). The third kappa shape index (κ3) is 12.1. The number of aliphatic hydroxyl groups excluding tert-OH is 1. The SMILES string of the molecule is C#COC(=O)Cl.C#COC(=O)OC1=C(c2c(C)cc(OCC(F)(F)F)cc2C)C(=O)N2CCCCC12.Cc1cc(OCC(F)(F)F)cc(C)c1C1=C(O)C2CCCCN2C1=O.[HH].[HH].[HH].[HH]. The zero-order valence-electron chi connectivity index (χ0n) is 33.4. The fourth-order valence-corrected chi connectivity index (χ4v) is 7.71. The van der Waals surface area contributed by atoms with E-state index in [1.54, 1.807) is 49.7 Å². The number of rotatable bonds is 7. The minimum absolute atomic E-state index is 0. The van der Waals surface area contributed by atoms with Crippen LogP contribution in [0.2, 0.25) is 0 Å². The Balaban J connectivity index is 0.00000107. The summed E-state index contributed by atoms with van der Waals surface area (Å²) in [4.78, 5) is 50.5. The van der Waals surface area contributed by atoms with Crippen molar-refractivity contribution >= 4 is 46.1 Å². The van der Waals surface area contributed by atoms with Crippen LogP contribution in [0.5, 0.6) is 11.5 Å². The minimum atomic E-state index is -4.47. The molecule has 2 aromatic carbocycles. The number of piperidine rings is 2. The van der Waals surface area contributed by atoms with Gasteiger partial charge in [0.15, 0.2) is 13.2 Å². The molecule has 0 aliphatic carbocycles. The topological polar surface area (TPSA) is 141 Å². The number of halogens is 7. The Hall–Kier alpha value is -6.01. The highest BCUT2D eigenvalue weighted by molar-refractivity contribution is 6.61. The number of nitrogens with zero attached hydrogens (tertiary/aromatic N) is 2. The lowest BCUT2D eigenvalue weighted by Crippen LogP contribution is -2.40. The number of aryl methyl sites for hydroxylation is 4. The van der Waals surface area contributed by atoms with E-state index in [0.29, 0.717) is 52.9 Å². The van der Waals surface area contributed by atoms with Crippen LogP contribution in [0.1, 0.15) is 77.6 Å². The van der Waals surface area contributed by atoms with Gasteiger partial charge in [-0.2, -0.15) is 26.3 Å². The molecule has 0 saturated carbocycles. The van der Waals surface area contributed by atoms with Crippen LogP contribution in [0.25, 0.3) is 11.1 Å². The summed E-state index contributed by atoms with van der Waals surface area (Å²) in [6.07, 6.45) is 7.61. The summed E-state index contributed by atoms with van der Waals surface area (Å²) < 4.78 is 97.4. The van der Waals surface area contributed by atoms with E-state index in [4.69, 9.17) is 20.6 Å². The van der Waals surface area contributed by atoms with Crippen LogP contribution in [0.3, 0.4) is 0 Å². The average Bonchev–Trinajstić information content (AvgIpc) is 3.58.